The van der Waals surface area contributed by atoms with Crippen LogP contribution in [-0.2, 0) is 0 Å². The number of nitrogens with two attached hydrogens (primary N) is 1. The number of hydrogen-bond donors (Lipinski definition) is 3. The molecule has 4 N–H and O–H groups in total. The fraction of sp³-hybridized carbons (Fsp3) is 0. The van der Waals surface area contributed by atoms with Crippen LogP contribution in [-0.4, -0.2) is 21.2 Å². The summed E-state index contributed by atoms with van der Waals surface area (Å²) in [7, 11) is 0. The zero-order valence-corrected chi connectivity index (χ0v) is 8.79. The maximum Gasteiger partial charge on any atom is 0.330 e. The third kappa shape index (κ3) is 2.88. The molecular formula is C10H10N6O. The number of benzene rings is 1. The highest BCUT2D eigenvalue weighted by Gasteiger charge is 2.03. The highest BCUT2D eigenvalue weighted by Crippen LogP contribution is 2.13. The molecule has 0 aliphatic carbocycles. The molecular weight excluding hydrogens is 220 g/mol. The Balaban J connectivity index is 2.20. The first-order chi connectivity index (χ1) is 8.25. The Morgan fingerprint density at radius 2 is 2.00 bits per heavy atom. The fourth-order valence-electron chi connectivity index (χ4n) is 1.20. The Hall–Kier alpha value is -2.70. The third-order valence-corrected chi connectivity index (χ3v) is 1.90. The van der Waals surface area contributed by atoms with Gasteiger partial charge >= 0.3 is 6.03 Å². The van der Waals surface area contributed by atoms with E-state index in [0.29, 0.717) is 11.6 Å². The number of amides is 2. The van der Waals surface area contributed by atoms with Crippen molar-refractivity contribution >= 4 is 11.8 Å². The van der Waals surface area contributed by atoms with Gasteiger partial charge < -0.3 is 5.73 Å². The average Bonchev–Trinajstić information content (AvgIpc) is 2.38. The fourth-order valence-corrected chi connectivity index (χ4v) is 1.20. The molecule has 0 bridgehead atoms. The van der Waals surface area contributed by atoms with Gasteiger partial charge in [0.05, 0.1) is 6.20 Å². The number of hydrazine groups is 1. The summed E-state index contributed by atoms with van der Waals surface area (Å²) >= 11 is 0. The normalized spacial score (nSPS) is 9.65. The van der Waals surface area contributed by atoms with Crippen LogP contribution in [0.4, 0.5) is 10.6 Å². The monoisotopic (exact) mass is 230 g/mol. The van der Waals surface area contributed by atoms with Gasteiger partial charge in [-0.1, -0.05) is 30.3 Å². The maximum absolute atomic E-state index is 10.5. The third-order valence-electron chi connectivity index (χ3n) is 1.90. The van der Waals surface area contributed by atoms with E-state index in [9.17, 15) is 4.79 Å². The van der Waals surface area contributed by atoms with E-state index in [1.807, 2.05) is 30.3 Å². The molecule has 0 atom stereocenters. The summed E-state index contributed by atoms with van der Waals surface area (Å²) < 4.78 is 0. The lowest BCUT2D eigenvalue weighted by Crippen LogP contribution is -2.34. The molecule has 1 heterocycles. The number of carbonyl (C=O) groups is 1. The van der Waals surface area contributed by atoms with E-state index < -0.39 is 6.03 Å². The van der Waals surface area contributed by atoms with Gasteiger partial charge in [-0.15, -0.1) is 5.10 Å². The van der Waals surface area contributed by atoms with Gasteiger partial charge in [-0.3, -0.25) is 10.9 Å². The first-order valence-electron chi connectivity index (χ1n) is 4.82. The Bertz CT molecular complexity index is 515. The molecule has 0 saturated carbocycles. The number of anilines is 1. The minimum atomic E-state index is -0.704. The first-order valence-corrected chi connectivity index (χ1v) is 4.82. The Kier molecular flexibility index (Phi) is 3.10. The van der Waals surface area contributed by atoms with Crippen molar-refractivity contribution in [3.05, 3.63) is 36.5 Å². The summed E-state index contributed by atoms with van der Waals surface area (Å²) in [6.07, 6.45) is 1.38. The van der Waals surface area contributed by atoms with Gasteiger partial charge in [-0.05, 0) is 0 Å². The van der Waals surface area contributed by atoms with Crippen molar-refractivity contribution < 1.29 is 4.79 Å². The number of nitrogens with zero attached hydrogens (tertiary/aromatic N) is 3. The van der Waals surface area contributed by atoms with Crippen molar-refractivity contribution in [1.29, 1.82) is 0 Å². The second kappa shape index (κ2) is 4.88. The van der Waals surface area contributed by atoms with Crippen LogP contribution < -0.4 is 16.6 Å². The standard InChI is InChI=1S/C10H10N6O/c11-10(17)16-14-8-6-12-15-9(13-8)7-4-2-1-3-5-7/h1-6H,(H3,11,16,17)(H,13,14,15). The number of urea groups is 1. The predicted octanol–water partition coefficient (Wildman–Crippen LogP) is 0.534. The van der Waals surface area contributed by atoms with Crippen LogP contribution in [0.15, 0.2) is 36.5 Å². The number of carbonyl (C=O) groups excluding carboxylic acids is 1. The quantitative estimate of drug-likeness (QED) is 0.667. The second-order valence-corrected chi connectivity index (χ2v) is 3.15. The molecule has 0 saturated heterocycles. The van der Waals surface area contributed by atoms with E-state index in [1.54, 1.807) is 0 Å². The van der Waals surface area contributed by atoms with Crippen LogP contribution in [0.2, 0.25) is 0 Å². The zero-order valence-electron chi connectivity index (χ0n) is 8.79. The molecule has 2 aromatic rings. The van der Waals surface area contributed by atoms with Gasteiger partial charge in [0.15, 0.2) is 11.6 Å². The van der Waals surface area contributed by atoms with E-state index in [1.165, 1.54) is 6.20 Å². The Labute approximate surface area is 97.1 Å². The molecule has 0 spiro atoms. The van der Waals surface area contributed by atoms with Crippen molar-refractivity contribution in [1.82, 2.24) is 20.6 Å². The average molecular weight is 230 g/mol. The summed E-state index contributed by atoms with van der Waals surface area (Å²) in [5, 5.41) is 7.66. The Morgan fingerprint density at radius 1 is 1.24 bits per heavy atom. The van der Waals surface area contributed by atoms with Crippen LogP contribution in [0.3, 0.4) is 0 Å². The van der Waals surface area contributed by atoms with Gasteiger partial charge in [-0.2, -0.15) is 5.10 Å². The highest BCUT2D eigenvalue weighted by atomic mass is 16.2. The highest BCUT2D eigenvalue weighted by molar-refractivity contribution is 5.73. The second-order valence-electron chi connectivity index (χ2n) is 3.15. The van der Waals surface area contributed by atoms with Crippen LogP contribution in [0.5, 0.6) is 0 Å². The smallest absolute Gasteiger partial charge is 0.330 e. The molecule has 0 aliphatic heterocycles. The Morgan fingerprint density at radius 3 is 2.71 bits per heavy atom. The van der Waals surface area contributed by atoms with E-state index in [2.05, 4.69) is 26.0 Å². The summed E-state index contributed by atoms with van der Waals surface area (Å²) in [6.45, 7) is 0. The zero-order chi connectivity index (χ0) is 12.1. The minimum absolute atomic E-state index is 0.359. The summed E-state index contributed by atoms with van der Waals surface area (Å²) in [5.41, 5.74) is 10.5. The molecule has 7 heteroatoms. The SMILES string of the molecule is NC(=O)NNc1cnnc(-c2ccccc2)n1. The molecule has 1 aromatic heterocycles. The summed E-state index contributed by atoms with van der Waals surface area (Å²) in [6, 6.07) is 8.67. The van der Waals surface area contributed by atoms with E-state index in [4.69, 9.17) is 5.73 Å². The molecule has 2 rings (SSSR count). The van der Waals surface area contributed by atoms with Crippen LogP contribution >= 0.6 is 0 Å². The summed E-state index contributed by atoms with van der Waals surface area (Å²) in [5.74, 6) is 0.819. The van der Waals surface area contributed by atoms with Gasteiger partial charge in [-0.25, -0.2) is 9.78 Å². The number of primary amides is 1. The van der Waals surface area contributed by atoms with Crippen LogP contribution in [0.1, 0.15) is 0 Å². The van der Waals surface area contributed by atoms with E-state index in [0.717, 1.165) is 5.56 Å². The van der Waals surface area contributed by atoms with Crippen molar-refractivity contribution in [2.24, 2.45) is 5.73 Å². The molecule has 0 fully saturated rings. The first kappa shape index (κ1) is 10.8. The topological polar surface area (TPSA) is 106 Å². The van der Waals surface area contributed by atoms with Crippen LogP contribution in [0.25, 0.3) is 11.4 Å². The number of hydrogen-bond acceptors (Lipinski definition) is 5. The molecule has 17 heavy (non-hydrogen) atoms. The molecule has 0 aliphatic rings. The molecule has 2 amide bonds. The predicted molar refractivity (Wildman–Crippen MR) is 61.6 cm³/mol. The van der Waals surface area contributed by atoms with E-state index in [-0.39, 0.29) is 0 Å². The minimum Gasteiger partial charge on any atom is -0.350 e. The summed E-state index contributed by atoms with van der Waals surface area (Å²) in [4.78, 5) is 14.7. The molecule has 86 valence electrons. The number of nitrogens with one attached hydrogen (secondary N) is 2. The lowest BCUT2D eigenvalue weighted by molar-refractivity contribution is 0.250. The molecule has 0 unspecified atom stereocenters. The maximum atomic E-state index is 10.5. The van der Waals surface area contributed by atoms with Gasteiger partial charge in [0, 0.05) is 5.56 Å². The van der Waals surface area contributed by atoms with E-state index >= 15 is 0 Å². The van der Waals surface area contributed by atoms with Crippen molar-refractivity contribution in [2.45, 2.75) is 0 Å². The van der Waals surface area contributed by atoms with Gasteiger partial charge in [0.2, 0.25) is 0 Å². The van der Waals surface area contributed by atoms with Crippen molar-refractivity contribution in [2.75, 3.05) is 5.43 Å². The number of rotatable bonds is 3. The van der Waals surface area contributed by atoms with Gasteiger partial charge in [0.25, 0.3) is 0 Å². The molecule has 1 aromatic carbocycles. The largest absolute Gasteiger partial charge is 0.350 e. The van der Waals surface area contributed by atoms with Crippen molar-refractivity contribution in [3.63, 3.8) is 0 Å². The van der Waals surface area contributed by atoms with Crippen molar-refractivity contribution in [3.8, 4) is 11.4 Å². The molecule has 0 radical (unpaired) electrons. The van der Waals surface area contributed by atoms with Crippen LogP contribution in [0, 0.1) is 0 Å². The number of aromatic nitrogens is 3. The lowest BCUT2D eigenvalue weighted by Gasteiger charge is -2.05. The van der Waals surface area contributed by atoms with Gasteiger partial charge in [0.1, 0.15) is 0 Å². The lowest BCUT2D eigenvalue weighted by atomic mass is 10.2. The molecule has 7 nitrogen and oxygen atoms in total.